The summed E-state index contributed by atoms with van der Waals surface area (Å²) in [6, 6.07) is 13.8. The summed E-state index contributed by atoms with van der Waals surface area (Å²) in [5.41, 5.74) is 3.10. The summed E-state index contributed by atoms with van der Waals surface area (Å²) in [7, 11) is 0. The predicted octanol–water partition coefficient (Wildman–Crippen LogP) is 6.23. The number of benzene rings is 2. The second kappa shape index (κ2) is 10.8. The molecule has 0 aromatic heterocycles. The maximum Gasteiger partial charge on any atom is 0.0237 e. The highest BCUT2D eigenvalue weighted by molar-refractivity contribution is 5.84. The van der Waals surface area contributed by atoms with E-state index in [1.807, 2.05) is 0 Å². The molecule has 1 heterocycles. The summed E-state index contributed by atoms with van der Waals surface area (Å²) in [4.78, 5) is 5.36. The third kappa shape index (κ3) is 6.05. The summed E-state index contributed by atoms with van der Waals surface area (Å²) in [5, 5.41) is 2.78. The summed E-state index contributed by atoms with van der Waals surface area (Å²) in [6.07, 6.45) is 9.30. The number of hydrogen-bond acceptors (Lipinski definition) is 2. The Balaban J connectivity index is 1.83. The van der Waals surface area contributed by atoms with Crippen LogP contribution in [0, 0.1) is 0 Å². The molecule has 2 aromatic carbocycles. The molecule has 148 valence electrons. The molecule has 1 saturated heterocycles. The van der Waals surface area contributed by atoms with E-state index in [4.69, 9.17) is 0 Å². The zero-order valence-electron chi connectivity index (χ0n) is 17.6. The molecule has 27 heavy (non-hydrogen) atoms. The van der Waals surface area contributed by atoms with E-state index in [9.17, 15) is 0 Å². The number of piperidine rings is 1. The minimum Gasteiger partial charge on any atom is -0.299 e. The molecule has 0 N–H and O–H groups in total. The Kier molecular flexibility index (Phi) is 8.16. The summed E-state index contributed by atoms with van der Waals surface area (Å²) in [6.45, 7) is 11.8. The van der Waals surface area contributed by atoms with E-state index in [0.717, 1.165) is 13.1 Å². The fraction of sp³-hybridized carbons (Fsp3) is 0.600. The van der Waals surface area contributed by atoms with Crippen LogP contribution in [-0.2, 0) is 13.1 Å². The van der Waals surface area contributed by atoms with E-state index in [2.05, 4.69) is 60.0 Å². The fourth-order valence-corrected chi connectivity index (χ4v) is 4.26. The Bertz CT molecular complexity index is 680. The topological polar surface area (TPSA) is 6.48 Å². The van der Waals surface area contributed by atoms with Crippen LogP contribution in [0.25, 0.3) is 10.8 Å². The fourth-order valence-electron chi connectivity index (χ4n) is 4.26. The van der Waals surface area contributed by atoms with Crippen molar-refractivity contribution >= 4 is 10.8 Å². The molecule has 1 fully saturated rings. The average Bonchev–Trinajstić information content (AvgIpc) is 2.71. The largest absolute Gasteiger partial charge is 0.299 e. The molecule has 0 bridgehead atoms. The van der Waals surface area contributed by atoms with Crippen molar-refractivity contribution in [1.82, 2.24) is 9.80 Å². The van der Waals surface area contributed by atoms with Crippen LogP contribution in [0.3, 0.4) is 0 Å². The van der Waals surface area contributed by atoms with Crippen LogP contribution in [0.5, 0.6) is 0 Å². The summed E-state index contributed by atoms with van der Waals surface area (Å²) in [5.74, 6) is 0. The van der Waals surface area contributed by atoms with Gasteiger partial charge in [0.2, 0.25) is 0 Å². The van der Waals surface area contributed by atoms with Crippen molar-refractivity contribution in [3.63, 3.8) is 0 Å². The molecule has 0 radical (unpaired) electrons. The second-order valence-corrected chi connectivity index (χ2v) is 8.29. The van der Waals surface area contributed by atoms with Crippen molar-refractivity contribution in [3.8, 4) is 0 Å². The van der Waals surface area contributed by atoms with Crippen molar-refractivity contribution in [2.45, 2.75) is 71.9 Å². The predicted molar refractivity (Wildman–Crippen MR) is 118 cm³/mol. The quantitative estimate of drug-likeness (QED) is 0.492. The molecule has 0 aliphatic carbocycles. The number of fused-ring (bicyclic) bond motifs is 1. The van der Waals surface area contributed by atoms with E-state index >= 15 is 0 Å². The minimum atomic E-state index is 1.11. The molecule has 0 unspecified atom stereocenters. The van der Waals surface area contributed by atoms with E-state index in [0.29, 0.717) is 0 Å². The van der Waals surface area contributed by atoms with Crippen molar-refractivity contribution in [1.29, 1.82) is 0 Å². The van der Waals surface area contributed by atoms with Crippen LogP contribution < -0.4 is 0 Å². The molecule has 0 spiro atoms. The van der Waals surface area contributed by atoms with Gasteiger partial charge in [-0.2, -0.15) is 0 Å². The second-order valence-electron chi connectivity index (χ2n) is 8.29. The average molecular weight is 367 g/mol. The van der Waals surface area contributed by atoms with Gasteiger partial charge in [-0.1, -0.05) is 57.4 Å². The maximum atomic E-state index is 2.69. The lowest BCUT2D eigenvalue weighted by Crippen LogP contribution is -2.30. The van der Waals surface area contributed by atoms with Gasteiger partial charge < -0.3 is 0 Å². The smallest absolute Gasteiger partial charge is 0.0237 e. The van der Waals surface area contributed by atoms with Crippen molar-refractivity contribution < 1.29 is 0 Å². The molecule has 2 heteroatoms. The van der Waals surface area contributed by atoms with Crippen LogP contribution in [-0.4, -0.2) is 36.0 Å². The number of hydrogen-bond donors (Lipinski definition) is 0. The van der Waals surface area contributed by atoms with Crippen molar-refractivity contribution in [2.24, 2.45) is 0 Å². The Morgan fingerprint density at radius 2 is 1.41 bits per heavy atom. The Labute approximate surface area is 166 Å². The lowest BCUT2D eigenvalue weighted by Gasteiger charge is -2.29. The van der Waals surface area contributed by atoms with E-state index in [1.165, 1.54) is 81.9 Å². The number of nitrogens with zero attached hydrogens (tertiary/aromatic N) is 2. The number of rotatable bonds is 10. The van der Waals surface area contributed by atoms with Gasteiger partial charge >= 0.3 is 0 Å². The molecule has 0 saturated carbocycles. The summed E-state index contributed by atoms with van der Waals surface area (Å²) < 4.78 is 0. The minimum absolute atomic E-state index is 1.11. The molecule has 1 aliphatic rings. The SMILES string of the molecule is CCCCN(CCCC)Cc1cc2ccccc2cc1CN1CCCCC1. The highest BCUT2D eigenvalue weighted by Gasteiger charge is 2.15. The van der Waals surface area contributed by atoms with E-state index in [-0.39, 0.29) is 0 Å². The number of likely N-dealkylation sites (tertiary alicyclic amines) is 1. The van der Waals surface area contributed by atoms with Crippen molar-refractivity contribution in [3.05, 3.63) is 47.5 Å². The van der Waals surface area contributed by atoms with Gasteiger partial charge in [-0.3, -0.25) is 9.80 Å². The standard InChI is InChI=1S/C25H38N2/c1-3-5-14-26(15-6-4-2)20-24-18-22-12-8-9-13-23(22)19-25(24)21-27-16-10-7-11-17-27/h8-9,12-13,18-19H,3-7,10-11,14-17,20-21H2,1-2H3. The molecule has 2 aromatic rings. The van der Waals surface area contributed by atoms with Gasteiger partial charge in [0, 0.05) is 13.1 Å². The summed E-state index contributed by atoms with van der Waals surface area (Å²) >= 11 is 0. The molecule has 3 rings (SSSR count). The monoisotopic (exact) mass is 366 g/mol. The first-order valence-corrected chi connectivity index (χ1v) is 11.3. The van der Waals surface area contributed by atoms with Gasteiger partial charge in [0.15, 0.2) is 0 Å². The van der Waals surface area contributed by atoms with Crippen molar-refractivity contribution in [2.75, 3.05) is 26.2 Å². The highest BCUT2D eigenvalue weighted by Crippen LogP contribution is 2.24. The van der Waals surface area contributed by atoms with Gasteiger partial charge in [-0.05, 0) is 85.9 Å². The zero-order valence-corrected chi connectivity index (χ0v) is 17.6. The number of unbranched alkanes of at least 4 members (excludes halogenated alkanes) is 2. The van der Waals surface area contributed by atoms with Crippen LogP contribution in [0.2, 0.25) is 0 Å². The maximum absolute atomic E-state index is 2.69. The molecular formula is C25H38N2. The normalized spacial score (nSPS) is 15.7. The first-order valence-electron chi connectivity index (χ1n) is 11.3. The molecule has 0 amide bonds. The van der Waals surface area contributed by atoms with Gasteiger partial charge in [0.25, 0.3) is 0 Å². The Morgan fingerprint density at radius 3 is 2.00 bits per heavy atom. The first-order chi connectivity index (χ1) is 13.3. The van der Waals surface area contributed by atoms with E-state index in [1.54, 1.807) is 11.1 Å². The van der Waals surface area contributed by atoms with Crippen LogP contribution in [0.1, 0.15) is 69.9 Å². The highest BCUT2D eigenvalue weighted by atomic mass is 15.1. The van der Waals surface area contributed by atoms with Gasteiger partial charge in [0.05, 0.1) is 0 Å². The van der Waals surface area contributed by atoms with Crippen LogP contribution >= 0.6 is 0 Å². The third-order valence-corrected chi connectivity index (χ3v) is 5.96. The molecular weight excluding hydrogens is 328 g/mol. The van der Waals surface area contributed by atoms with Gasteiger partial charge in [-0.25, -0.2) is 0 Å². The van der Waals surface area contributed by atoms with Gasteiger partial charge in [0.1, 0.15) is 0 Å². The van der Waals surface area contributed by atoms with E-state index < -0.39 is 0 Å². The lowest BCUT2D eigenvalue weighted by atomic mass is 9.99. The molecule has 2 nitrogen and oxygen atoms in total. The third-order valence-electron chi connectivity index (χ3n) is 5.96. The lowest BCUT2D eigenvalue weighted by molar-refractivity contribution is 0.217. The Hall–Kier alpha value is -1.38. The molecule has 0 atom stereocenters. The Morgan fingerprint density at radius 1 is 0.815 bits per heavy atom. The van der Waals surface area contributed by atoms with Gasteiger partial charge in [-0.15, -0.1) is 0 Å². The first kappa shape index (κ1) is 20.4. The van der Waals surface area contributed by atoms with Crippen LogP contribution in [0.4, 0.5) is 0 Å². The van der Waals surface area contributed by atoms with Crippen LogP contribution in [0.15, 0.2) is 36.4 Å². The zero-order chi connectivity index (χ0) is 18.9. The molecule has 1 aliphatic heterocycles.